The Balaban J connectivity index is 1.90. The summed E-state index contributed by atoms with van der Waals surface area (Å²) in [7, 11) is 0. The maximum absolute atomic E-state index is 11.1. The van der Waals surface area contributed by atoms with Crippen LogP contribution in [0.15, 0.2) is 42.5 Å². The van der Waals surface area contributed by atoms with Gasteiger partial charge in [-0.3, -0.25) is 0 Å². The third kappa shape index (κ3) is 2.49. The van der Waals surface area contributed by atoms with E-state index in [-0.39, 0.29) is 0 Å². The van der Waals surface area contributed by atoms with Gasteiger partial charge in [0.2, 0.25) is 0 Å². The Kier molecular flexibility index (Phi) is 3.60. The highest BCUT2D eigenvalue weighted by Crippen LogP contribution is 2.42. The first-order chi connectivity index (χ1) is 10.1. The third-order valence-electron chi connectivity index (χ3n) is 4.14. The van der Waals surface area contributed by atoms with Gasteiger partial charge in [0.25, 0.3) is 0 Å². The minimum atomic E-state index is -0.910. The smallest absolute Gasteiger partial charge is 0.119 e. The van der Waals surface area contributed by atoms with E-state index in [1.807, 2.05) is 42.5 Å². The van der Waals surface area contributed by atoms with Crippen molar-refractivity contribution in [3.63, 3.8) is 0 Å². The highest BCUT2D eigenvalue weighted by Gasteiger charge is 2.38. The van der Waals surface area contributed by atoms with Crippen LogP contribution in [0.25, 0.3) is 0 Å². The lowest BCUT2D eigenvalue weighted by molar-refractivity contribution is 0.0829. The Labute approximate surface area is 125 Å². The summed E-state index contributed by atoms with van der Waals surface area (Å²) in [4.78, 5) is 0. The molecule has 1 aliphatic carbocycles. The van der Waals surface area contributed by atoms with Gasteiger partial charge in [0.05, 0.1) is 6.61 Å². The molecule has 0 heterocycles. The average molecular weight is 283 g/mol. The van der Waals surface area contributed by atoms with Crippen molar-refractivity contribution < 1.29 is 9.84 Å². The van der Waals surface area contributed by atoms with E-state index in [1.54, 1.807) is 0 Å². The van der Waals surface area contributed by atoms with Crippen LogP contribution in [-0.4, -0.2) is 11.7 Å². The van der Waals surface area contributed by atoms with Crippen LogP contribution in [0, 0.1) is 0 Å². The minimum Gasteiger partial charge on any atom is -0.494 e. The van der Waals surface area contributed by atoms with Crippen molar-refractivity contribution in [2.75, 3.05) is 12.3 Å². The van der Waals surface area contributed by atoms with Gasteiger partial charge in [0, 0.05) is 5.69 Å². The second-order valence-corrected chi connectivity index (χ2v) is 5.65. The number of anilines is 1. The summed E-state index contributed by atoms with van der Waals surface area (Å²) in [6.07, 6.45) is 2.53. The van der Waals surface area contributed by atoms with Gasteiger partial charge in [-0.15, -0.1) is 0 Å². The van der Waals surface area contributed by atoms with E-state index in [9.17, 15) is 5.11 Å². The molecule has 2 aromatic carbocycles. The van der Waals surface area contributed by atoms with Crippen LogP contribution in [0.4, 0.5) is 5.69 Å². The molecule has 1 atom stereocenters. The third-order valence-corrected chi connectivity index (χ3v) is 4.14. The molecule has 0 amide bonds. The predicted octanol–water partition coefficient (Wildman–Crippen LogP) is 3.24. The molecule has 0 spiro atoms. The van der Waals surface area contributed by atoms with Crippen LogP contribution < -0.4 is 10.5 Å². The van der Waals surface area contributed by atoms with Crippen LogP contribution in [-0.2, 0) is 12.0 Å². The molecule has 110 valence electrons. The number of benzene rings is 2. The molecule has 21 heavy (non-hydrogen) atoms. The average Bonchev–Trinajstić information content (AvgIpc) is 2.83. The molecule has 1 aliphatic rings. The first-order valence-corrected chi connectivity index (χ1v) is 7.48. The van der Waals surface area contributed by atoms with Crippen molar-refractivity contribution in [1.82, 2.24) is 0 Å². The number of nitrogen functional groups attached to an aromatic ring is 1. The van der Waals surface area contributed by atoms with Crippen molar-refractivity contribution in [2.45, 2.75) is 31.8 Å². The van der Waals surface area contributed by atoms with Crippen LogP contribution in [0.1, 0.15) is 36.5 Å². The largest absolute Gasteiger partial charge is 0.494 e. The summed E-state index contributed by atoms with van der Waals surface area (Å²) in [5.41, 5.74) is 8.69. The van der Waals surface area contributed by atoms with Crippen molar-refractivity contribution in [2.24, 2.45) is 0 Å². The summed E-state index contributed by atoms with van der Waals surface area (Å²) in [5.74, 6) is 0.847. The molecule has 3 heteroatoms. The maximum atomic E-state index is 11.1. The molecule has 0 saturated carbocycles. The van der Waals surface area contributed by atoms with Gasteiger partial charge in [-0.25, -0.2) is 0 Å². The minimum absolute atomic E-state index is 0.695. The lowest BCUT2D eigenvalue weighted by Crippen LogP contribution is -2.23. The molecule has 0 radical (unpaired) electrons. The zero-order chi connectivity index (χ0) is 14.9. The van der Waals surface area contributed by atoms with E-state index >= 15 is 0 Å². The van der Waals surface area contributed by atoms with Crippen LogP contribution in [0.3, 0.4) is 0 Å². The number of rotatable bonds is 4. The molecule has 0 aromatic heterocycles. The van der Waals surface area contributed by atoms with E-state index < -0.39 is 5.60 Å². The number of ether oxygens (including phenoxy) is 1. The van der Waals surface area contributed by atoms with Gasteiger partial charge in [-0.1, -0.05) is 25.1 Å². The normalized spacial score (nSPS) is 20.3. The van der Waals surface area contributed by atoms with Gasteiger partial charge in [-0.05, 0) is 60.2 Å². The zero-order valence-electron chi connectivity index (χ0n) is 12.3. The molecule has 0 fully saturated rings. The van der Waals surface area contributed by atoms with E-state index in [1.165, 1.54) is 0 Å². The molecule has 3 N–H and O–H groups in total. The van der Waals surface area contributed by atoms with Crippen molar-refractivity contribution >= 4 is 5.69 Å². The summed E-state index contributed by atoms with van der Waals surface area (Å²) < 4.78 is 5.59. The van der Waals surface area contributed by atoms with Crippen molar-refractivity contribution in [3.05, 3.63) is 59.2 Å². The number of hydrogen-bond acceptors (Lipinski definition) is 3. The maximum Gasteiger partial charge on any atom is 0.119 e. The standard InChI is InChI=1S/C18H21NO2/c1-2-11-21-16-6-3-14(4-7-16)18(20)10-9-13-12-15(19)5-8-17(13)18/h3-8,12,20H,2,9-11,19H2,1H3. The molecule has 3 rings (SSSR count). The first-order valence-electron chi connectivity index (χ1n) is 7.48. The Morgan fingerprint density at radius 1 is 1.19 bits per heavy atom. The lowest BCUT2D eigenvalue weighted by atomic mass is 9.88. The summed E-state index contributed by atoms with van der Waals surface area (Å²) in [6, 6.07) is 13.5. The SMILES string of the molecule is CCCOc1ccc(C2(O)CCc3cc(N)ccc32)cc1. The van der Waals surface area contributed by atoms with Gasteiger partial charge >= 0.3 is 0 Å². The van der Waals surface area contributed by atoms with E-state index in [0.717, 1.165) is 41.0 Å². The first kappa shape index (κ1) is 14.0. The number of aryl methyl sites for hydroxylation is 1. The second kappa shape index (κ2) is 5.41. The Bertz CT molecular complexity index is 636. The monoisotopic (exact) mass is 283 g/mol. The Morgan fingerprint density at radius 2 is 1.95 bits per heavy atom. The number of fused-ring (bicyclic) bond motifs is 1. The van der Waals surface area contributed by atoms with E-state index in [4.69, 9.17) is 10.5 Å². The van der Waals surface area contributed by atoms with E-state index in [0.29, 0.717) is 13.0 Å². The van der Waals surface area contributed by atoms with Crippen LogP contribution in [0.2, 0.25) is 0 Å². The van der Waals surface area contributed by atoms with Gasteiger partial charge in [0.1, 0.15) is 11.4 Å². The molecule has 1 unspecified atom stereocenters. The predicted molar refractivity (Wildman–Crippen MR) is 84.4 cm³/mol. The molecule has 0 saturated heterocycles. The Hall–Kier alpha value is -2.00. The summed E-state index contributed by atoms with van der Waals surface area (Å²) in [6.45, 7) is 2.80. The zero-order valence-corrected chi connectivity index (χ0v) is 12.3. The lowest BCUT2D eigenvalue weighted by Gasteiger charge is -2.25. The fraction of sp³-hybridized carbons (Fsp3) is 0.333. The van der Waals surface area contributed by atoms with Crippen molar-refractivity contribution in [3.8, 4) is 5.75 Å². The van der Waals surface area contributed by atoms with Crippen LogP contribution >= 0.6 is 0 Å². The fourth-order valence-corrected chi connectivity index (χ4v) is 3.02. The summed E-state index contributed by atoms with van der Waals surface area (Å²) >= 11 is 0. The van der Waals surface area contributed by atoms with Gasteiger partial charge < -0.3 is 15.6 Å². The molecular formula is C18H21NO2. The highest BCUT2D eigenvalue weighted by molar-refractivity contribution is 5.52. The molecular weight excluding hydrogens is 262 g/mol. The van der Waals surface area contributed by atoms with Crippen molar-refractivity contribution in [1.29, 1.82) is 0 Å². The van der Waals surface area contributed by atoms with E-state index in [2.05, 4.69) is 6.92 Å². The highest BCUT2D eigenvalue weighted by atomic mass is 16.5. The molecule has 2 aromatic rings. The number of aliphatic hydroxyl groups is 1. The topological polar surface area (TPSA) is 55.5 Å². The number of hydrogen-bond donors (Lipinski definition) is 2. The Morgan fingerprint density at radius 3 is 2.67 bits per heavy atom. The van der Waals surface area contributed by atoms with Gasteiger partial charge in [-0.2, -0.15) is 0 Å². The van der Waals surface area contributed by atoms with Gasteiger partial charge in [0.15, 0.2) is 0 Å². The molecule has 3 nitrogen and oxygen atoms in total. The second-order valence-electron chi connectivity index (χ2n) is 5.65. The fourth-order valence-electron chi connectivity index (χ4n) is 3.02. The molecule has 0 aliphatic heterocycles. The summed E-state index contributed by atoms with van der Waals surface area (Å²) in [5, 5.41) is 11.1. The quantitative estimate of drug-likeness (QED) is 0.847. The number of nitrogens with two attached hydrogens (primary N) is 1. The molecule has 0 bridgehead atoms. The van der Waals surface area contributed by atoms with Crippen LogP contribution in [0.5, 0.6) is 5.75 Å².